The Morgan fingerprint density at radius 1 is 1.07 bits per heavy atom. The van der Waals surface area contributed by atoms with Crippen LogP contribution in [0.25, 0.3) is 0 Å². The van der Waals surface area contributed by atoms with Crippen LogP contribution in [-0.2, 0) is 4.74 Å². The topological polar surface area (TPSA) is 9.23 Å². The molecule has 0 amide bonds. The predicted molar refractivity (Wildman–Crippen MR) is 64.0 cm³/mol. The number of rotatable bonds is 6. The third-order valence-corrected chi connectivity index (χ3v) is 3.96. The Morgan fingerprint density at radius 2 is 1.93 bits per heavy atom. The van der Waals surface area contributed by atoms with Crippen LogP contribution in [0, 0.1) is 5.92 Å². The van der Waals surface area contributed by atoms with E-state index >= 15 is 0 Å². The van der Waals surface area contributed by atoms with Gasteiger partial charge in [-0.05, 0) is 31.6 Å². The highest BCUT2D eigenvalue weighted by Gasteiger charge is 2.41. The molecule has 1 heteroatoms. The van der Waals surface area contributed by atoms with Crippen LogP contribution in [0.2, 0.25) is 0 Å². The van der Waals surface area contributed by atoms with Crippen LogP contribution in [0.5, 0.6) is 0 Å². The van der Waals surface area contributed by atoms with Gasteiger partial charge in [-0.3, -0.25) is 0 Å². The molecule has 88 valence electrons. The fourth-order valence-corrected chi connectivity index (χ4v) is 2.80. The molecule has 1 saturated carbocycles. The van der Waals surface area contributed by atoms with Crippen LogP contribution < -0.4 is 0 Å². The van der Waals surface area contributed by atoms with Gasteiger partial charge < -0.3 is 4.74 Å². The summed E-state index contributed by atoms with van der Waals surface area (Å²) in [4.78, 5) is 0. The van der Waals surface area contributed by atoms with Gasteiger partial charge in [0.15, 0.2) is 0 Å². The van der Waals surface area contributed by atoms with Gasteiger partial charge in [-0.2, -0.15) is 0 Å². The zero-order valence-electron chi connectivity index (χ0n) is 10.2. The Balaban J connectivity index is 1.53. The standard InChI is InChI=1S/C14H26O/c1-2-3-4-5-6-9-13-10-7-8-12-11-14(12)15-13/h12-14H,2-11H2,1H3/t12-,13-,14+/m0/s1. The van der Waals surface area contributed by atoms with E-state index in [0.717, 1.165) is 5.92 Å². The number of hydrogen-bond acceptors (Lipinski definition) is 1. The Morgan fingerprint density at radius 3 is 2.80 bits per heavy atom. The third kappa shape index (κ3) is 3.79. The lowest BCUT2D eigenvalue weighted by Crippen LogP contribution is -2.13. The average Bonchev–Trinajstić information content (AvgIpc) is 2.95. The van der Waals surface area contributed by atoms with Gasteiger partial charge in [0.1, 0.15) is 0 Å². The number of fused-ring (bicyclic) bond motifs is 1. The van der Waals surface area contributed by atoms with E-state index < -0.39 is 0 Å². The van der Waals surface area contributed by atoms with Gasteiger partial charge in [0.25, 0.3) is 0 Å². The van der Waals surface area contributed by atoms with Crippen molar-refractivity contribution in [1.29, 1.82) is 0 Å². The van der Waals surface area contributed by atoms with Crippen LogP contribution in [0.4, 0.5) is 0 Å². The van der Waals surface area contributed by atoms with Crippen LogP contribution in [0.1, 0.15) is 71.1 Å². The molecule has 15 heavy (non-hydrogen) atoms. The summed E-state index contributed by atoms with van der Waals surface area (Å²) < 4.78 is 6.09. The minimum Gasteiger partial charge on any atom is -0.375 e. The molecule has 1 aliphatic carbocycles. The Bertz CT molecular complexity index is 178. The Kier molecular flexibility index (Phi) is 4.49. The summed E-state index contributed by atoms with van der Waals surface area (Å²) in [5.74, 6) is 0.954. The molecular weight excluding hydrogens is 184 g/mol. The smallest absolute Gasteiger partial charge is 0.0611 e. The molecule has 1 heterocycles. The predicted octanol–water partition coefficient (Wildman–Crippen LogP) is 4.30. The zero-order chi connectivity index (χ0) is 10.5. The molecule has 1 nitrogen and oxygen atoms in total. The fourth-order valence-electron chi connectivity index (χ4n) is 2.80. The van der Waals surface area contributed by atoms with Crippen LogP contribution in [-0.4, -0.2) is 12.2 Å². The second-order valence-corrected chi connectivity index (χ2v) is 5.43. The molecule has 2 fully saturated rings. The van der Waals surface area contributed by atoms with E-state index in [4.69, 9.17) is 4.74 Å². The Labute approximate surface area is 94.6 Å². The number of ether oxygens (including phenoxy) is 1. The average molecular weight is 210 g/mol. The molecule has 0 spiro atoms. The van der Waals surface area contributed by atoms with E-state index in [1.54, 1.807) is 0 Å². The molecule has 3 atom stereocenters. The summed E-state index contributed by atoms with van der Waals surface area (Å²) in [6.45, 7) is 2.28. The molecule has 0 aromatic heterocycles. The van der Waals surface area contributed by atoms with Crippen molar-refractivity contribution in [3.05, 3.63) is 0 Å². The van der Waals surface area contributed by atoms with Crippen molar-refractivity contribution in [2.24, 2.45) is 5.92 Å². The van der Waals surface area contributed by atoms with Crippen LogP contribution in [0.15, 0.2) is 0 Å². The van der Waals surface area contributed by atoms with Crippen LogP contribution >= 0.6 is 0 Å². The van der Waals surface area contributed by atoms with E-state index in [1.807, 2.05) is 0 Å². The van der Waals surface area contributed by atoms with Gasteiger partial charge >= 0.3 is 0 Å². The quantitative estimate of drug-likeness (QED) is 0.594. The lowest BCUT2D eigenvalue weighted by Gasteiger charge is -2.15. The molecular formula is C14H26O. The second-order valence-electron chi connectivity index (χ2n) is 5.43. The van der Waals surface area contributed by atoms with Gasteiger partial charge in [-0.25, -0.2) is 0 Å². The molecule has 0 aromatic carbocycles. The van der Waals surface area contributed by atoms with Crippen molar-refractivity contribution < 1.29 is 4.74 Å². The van der Waals surface area contributed by atoms with Crippen molar-refractivity contribution in [3.63, 3.8) is 0 Å². The molecule has 0 aromatic rings. The highest BCUT2D eigenvalue weighted by Crippen LogP contribution is 2.42. The van der Waals surface area contributed by atoms with E-state index in [-0.39, 0.29) is 0 Å². The minimum atomic E-state index is 0.615. The first-order valence-electron chi connectivity index (χ1n) is 7.05. The molecule has 0 N–H and O–H groups in total. The first kappa shape index (κ1) is 11.4. The molecule has 0 unspecified atom stereocenters. The van der Waals surface area contributed by atoms with Crippen molar-refractivity contribution in [2.75, 3.05) is 0 Å². The van der Waals surface area contributed by atoms with E-state index in [9.17, 15) is 0 Å². The maximum atomic E-state index is 6.09. The molecule has 1 aliphatic heterocycles. The lowest BCUT2D eigenvalue weighted by molar-refractivity contribution is 0.0294. The largest absolute Gasteiger partial charge is 0.375 e. The molecule has 2 rings (SSSR count). The zero-order valence-corrected chi connectivity index (χ0v) is 10.2. The van der Waals surface area contributed by atoms with E-state index in [2.05, 4.69) is 6.92 Å². The summed E-state index contributed by atoms with van der Waals surface area (Å²) in [6.07, 6.45) is 15.2. The normalized spacial score (nSPS) is 34.6. The summed E-state index contributed by atoms with van der Waals surface area (Å²) in [6, 6.07) is 0. The highest BCUT2D eigenvalue weighted by atomic mass is 16.5. The second kappa shape index (κ2) is 5.89. The number of unbranched alkanes of at least 4 members (excludes halogenated alkanes) is 4. The van der Waals surface area contributed by atoms with Gasteiger partial charge in [0.05, 0.1) is 12.2 Å². The van der Waals surface area contributed by atoms with Gasteiger partial charge in [0.2, 0.25) is 0 Å². The number of hydrogen-bond donors (Lipinski definition) is 0. The lowest BCUT2D eigenvalue weighted by atomic mass is 10.0. The van der Waals surface area contributed by atoms with Gasteiger partial charge in [-0.1, -0.05) is 45.4 Å². The molecule has 1 saturated heterocycles. The van der Waals surface area contributed by atoms with Gasteiger partial charge in [-0.15, -0.1) is 0 Å². The van der Waals surface area contributed by atoms with E-state index in [0.29, 0.717) is 12.2 Å². The molecule has 2 aliphatic rings. The maximum Gasteiger partial charge on any atom is 0.0611 e. The minimum absolute atomic E-state index is 0.615. The van der Waals surface area contributed by atoms with Crippen LogP contribution in [0.3, 0.4) is 0 Å². The first-order chi connectivity index (χ1) is 7.40. The summed E-state index contributed by atoms with van der Waals surface area (Å²) in [7, 11) is 0. The van der Waals surface area contributed by atoms with E-state index in [1.165, 1.54) is 64.2 Å². The SMILES string of the molecule is CCCCCCC[C@H]1CCC[C@H]2C[C@H]2O1. The first-order valence-corrected chi connectivity index (χ1v) is 7.05. The maximum absolute atomic E-state index is 6.09. The Hall–Kier alpha value is -0.0400. The third-order valence-electron chi connectivity index (χ3n) is 3.96. The van der Waals surface area contributed by atoms with Crippen molar-refractivity contribution in [3.8, 4) is 0 Å². The fraction of sp³-hybridized carbons (Fsp3) is 1.00. The summed E-state index contributed by atoms with van der Waals surface area (Å²) in [5, 5.41) is 0. The van der Waals surface area contributed by atoms with Crippen molar-refractivity contribution >= 4 is 0 Å². The summed E-state index contributed by atoms with van der Waals surface area (Å²) >= 11 is 0. The van der Waals surface area contributed by atoms with Crippen molar-refractivity contribution in [1.82, 2.24) is 0 Å². The monoisotopic (exact) mass is 210 g/mol. The molecule has 0 radical (unpaired) electrons. The molecule has 0 bridgehead atoms. The summed E-state index contributed by atoms with van der Waals surface area (Å²) in [5.41, 5.74) is 0. The highest BCUT2D eigenvalue weighted by molar-refractivity contribution is 4.90. The van der Waals surface area contributed by atoms with Crippen molar-refractivity contribution in [2.45, 2.75) is 83.3 Å². The van der Waals surface area contributed by atoms with Gasteiger partial charge in [0, 0.05) is 0 Å².